The molecule has 0 saturated heterocycles. The first-order valence-corrected chi connectivity index (χ1v) is 8.53. The second-order valence-electron chi connectivity index (χ2n) is 6.79. The van der Waals surface area contributed by atoms with Crippen LogP contribution in [-0.4, -0.2) is 33.4 Å². The Hall–Kier alpha value is -2.21. The van der Waals surface area contributed by atoms with Crippen molar-refractivity contribution in [3.05, 3.63) is 47.0 Å². The second kappa shape index (κ2) is 8.25. The van der Waals surface area contributed by atoms with Gasteiger partial charge in [0.1, 0.15) is 5.82 Å². The molecular formula is C19H26FN3O2. The van der Waals surface area contributed by atoms with Crippen LogP contribution in [0.15, 0.2) is 24.3 Å². The monoisotopic (exact) mass is 347 g/mol. The second-order valence-corrected chi connectivity index (χ2v) is 6.79. The molecule has 0 saturated carbocycles. The number of nitrogens with zero attached hydrogens (tertiary/aromatic N) is 2. The fourth-order valence-corrected chi connectivity index (χ4v) is 2.95. The number of hydrogen-bond acceptors (Lipinski definition) is 3. The fraction of sp³-hybridized carbons (Fsp3) is 0.474. The summed E-state index contributed by atoms with van der Waals surface area (Å²) in [6.07, 6.45) is 0.933. The minimum Gasteiger partial charge on any atom is -0.394 e. The SMILES string of the molecule is Cc1nn(-c2ccc(F)cc2)c(C)c1CC(=O)NC(CO)CC(C)C. The fourth-order valence-electron chi connectivity index (χ4n) is 2.95. The molecule has 0 spiro atoms. The number of aliphatic hydroxyl groups excluding tert-OH is 1. The average molecular weight is 347 g/mol. The lowest BCUT2D eigenvalue weighted by Gasteiger charge is -2.18. The van der Waals surface area contributed by atoms with Gasteiger partial charge < -0.3 is 10.4 Å². The Morgan fingerprint density at radius 1 is 1.28 bits per heavy atom. The largest absolute Gasteiger partial charge is 0.394 e. The van der Waals surface area contributed by atoms with E-state index in [1.807, 2.05) is 13.8 Å². The molecule has 1 heterocycles. The van der Waals surface area contributed by atoms with Gasteiger partial charge in [0, 0.05) is 11.3 Å². The van der Waals surface area contributed by atoms with Crippen LogP contribution in [0.5, 0.6) is 0 Å². The quantitative estimate of drug-likeness (QED) is 0.809. The Labute approximate surface area is 147 Å². The highest BCUT2D eigenvalue weighted by Gasteiger charge is 2.18. The zero-order chi connectivity index (χ0) is 18.6. The maximum atomic E-state index is 13.1. The van der Waals surface area contributed by atoms with E-state index in [0.717, 1.165) is 29.1 Å². The summed E-state index contributed by atoms with van der Waals surface area (Å²) >= 11 is 0. The summed E-state index contributed by atoms with van der Waals surface area (Å²) in [5.41, 5.74) is 3.22. The predicted octanol–water partition coefficient (Wildman–Crippen LogP) is 2.69. The van der Waals surface area contributed by atoms with E-state index in [-0.39, 0.29) is 30.8 Å². The van der Waals surface area contributed by atoms with E-state index < -0.39 is 0 Å². The summed E-state index contributed by atoms with van der Waals surface area (Å²) < 4.78 is 14.8. The Kier molecular flexibility index (Phi) is 6.31. The maximum Gasteiger partial charge on any atom is 0.224 e. The molecule has 2 rings (SSSR count). The maximum absolute atomic E-state index is 13.1. The molecule has 0 aliphatic carbocycles. The van der Waals surface area contributed by atoms with E-state index in [4.69, 9.17) is 0 Å². The van der Waals surface area contributed by atoms with Crippen LogP contribution < -0.4 is 5.32 Å². The number of halogens is 1. The standard InChI is InChI=1S/C19H26FN3O2/c1-12(2)9-16(11-24)21-19(25)10-18-13(3)22-23(14(18)4)17-7-5-15(20)6-8-17/h5-8,12,16,24H,9-11H2,1-4H3,(H,21,25). The molecule has 1 atom stereocenters. The highest BCUT2D eigenvalue weighted by Crippen LogP contribution is 2.19. The highest BCUT2D eigenvalue weighted by molar-refractivity contribution is 5.79. The van der Waals surface area contributed by atoms with Crippen LogP contribution in [0.1, 0.15) is 37.2 Å². The van der Waals surface area contributed by atoms with E-state index in [0.29, 0.717) is 5.92 Å². The number of hydrogen-bond donors (Lipinski definition) is 2. The summed E-state index contributed by atoms with van der Waals surface area (Å²) in [6.45, 7) is 7.78. The number of amides is 1. The molecule has 1 amide bonds. The molecule has 5 nitrogen and oxygen atoms in total. The van der Waals surface area contributed by atoms with Crippen LogP contribution in [0, 0.1) is 25.6 Å². The molecule has 6 heteroatoms. The zero-order valence-corrected chi connectivity index (χ0v) is 15.2. The van der Waals surface area contributed by atoms with Gasteiger partial charge in [0.2, 0.25) is 5.91 Å². The molecule has 0 fully saturated rings. The number of aromatic nitrogens is 2. The lowest BCUT2D eigenvalue weighted by molar-refractivity contribution is -0.121. The van der Waals surface area contributed by atoms with Crippen molar-refractivity contribution in [2.24, 2.45) is 5.92 Å². The van der Waals surface area contributed by atoms with Gasteiger partial charge in [-0.05, 0) is 50.5 Å². The van der Waals surface area contributed by atoms with Gasteiger partial charge in [-0.2, -0.15) is 5.10 Å². The molecule has 0 aliphatic heterocycles. The van der Waals surface area contributed by atoms with Crippen LogP contribution in [0.3, 0.4) is 0 Å². The van der Waals surface area contributed by atoms with E-state index in [1.54, 1.807) is 16.8 Å². The van der Waals surface area contributed by atoms with E-state index in [2.05, 4.69) is 24.3 Å². The summed E-state index contributed by atoms with van der Waals surface area (Å²) in [5, 5.41) is 16.8. The highest BCUT2D eigenvalue weighted by atomic mass is 19.1. The van der Waals surface area contributed by atoms with Gasteiger partial charge in [0.25, 0.3) is 0 Å². The number of rotatable bonds is 7. The van der Waals surface area contributed by atoms with Crippen LogP contribution in [0.25, 0.3) is 5.69 Å². The molecule has 0 bridgehead atoms. The van der Waals surface area contributed by atoms with Crippen molar-refractivity contribution in [3.63, 3.8) is 0 Å². The summed E-state index contributed by atoms with van der Waals surface area (Å²) in [5.74, 6) is -0.0446. The normalized spacial score (nSPS) is 12.4. The molecule has 0 radical (unpaired) electrons. The molecule has 0 aliphatic rings. The number of carbonyl (C=O) groups excluding carboxylic acids is 1. The van der Waals surface area contributed by atoms with Crippen LogP contribution >= 0.6 is 0 Å². The number of aliphatic hydroxyl groups is 1. The van der Waals surface area contributed by atoms with Crippen LogP contribution in [-0.2, 0) is 11.2 Å². The molecule has 2 N–H and O–H groups in total. The number of carbonyl (C=O) groups is 1. The van der Waals surface area contributed by atoms with Gasteiger partial charge in [-0.3, -0.25) is 4.79 Å². The molecule has 1 unspecified atom stereocenters. The topological polar surface area (TPSA) is 67.2 Å². The smallest absolute Gasteiger partial charge is 0.224 e. The number of aryl methyl sites for hydroxylation is 1. The lowest BCUT2D eigenvalue weighted by atomic mass is 10.0. The van der Waals surface area contributed by atoms with Gasteiger partial charge in [0.15, 0.2) is 0 Å². The van der Waals surface area contributed by atoms with Gasteiger partial charge in [-0.25, -0.2) is 9.07 Å². The first-order valence-electron chi connectivity index (χ1n) is 8.53. The summed E-state index contributed by atoms with van der Waals surface area (Å²) in [6, 6.07) is 5.85. The Morgan fingerprint density at radius 2 is 1.92 bits per heavy atom. The van der Waals surface area contributed by atoms with Crippen molar-refractivity contribution in [2.45, 2.75) is 46.6 Å². The third-order valence-electron chi connectivity index (χ3n) is 4.19. The van der Waals surface area contributed by atoms with Gasteiger partial charge >= 0.3 is 0 Å². The number of benzene rings is 1. The van der Waals surface area contributed by atoms with Crippen LogP contribution in [0.2, 0.25) is 0 Å². The lowest BCUT2D eigenvalue weighted by Crippen LogP contribution is -2.39. The molecule has 1 aromatic carbocycles. The molecule has 25 heavy (non-hydrogen) atoms. The van der Waals surface area contributed by atoms with E-state index >= 15 is 0 Å². The minimum absolute atomic E-state index is 0.0727. The third kappa shape index (κ3) is 4.89. The van der Waals surface area contributed by atoms with E-state index in [9.17, 15) is 14.3 Å². The predicted molar refractivity (Wildman–Crippen MR) is 95.2 cm³/mol. The van der Waals surface area contributed by atoms with Crippen molar-refractivity contribution < 1.29 is 14.3 Å². The van der Waals surface area contributed by atoms with Gasteiger partial charge in [-0.15, -0.1) is 0 Å². The van der Waals surface area contributed by atoms with Crippen molar-refractivity contribution in [2.75, 3.05) is 6.61 Å². The zero-order valence-electron chi connectivity index (χ0n) is 15.2. The number of nitrogens with one attached hydrogen (secondary N) is 1. The Bertz CT molecular complexity index is 723. The van der Waals surface area contributed by atoms with Crippen molar-refractivity contribution in [3.8, 4) is 5.69 Å². The minimum atomic E-state index is -0.301. The van der Waals surface area contributed by atoms with Crippen molar-refractivity contribution in [1.29, 1.82) is 0 Å². The van der Waals surface area contributed by atoms with E-state index in [1.165, 1.54) is 12.1 Å². The first-order chi connectivity index (χ1) is 11.8. The third-order valence-corrected chi connectivity index (χ3v) is 4.19. The van der Waals surface area contributed by atoms with Gasteiger partial charge in [-0.1, -0.05) is 13.8 Å². The van der Waals surface area contributed by atoms with Crippen molar-refractivity contribution >= 4 is 5.91 Å². The Morgan fingerprint density at radius 3 is 2.48 bits per heavy atom. The Balaban J connectivity index is 2.15. The molecule has 2 aromatic rings. The molecule has 136 valence electrons. The summed E-state index contributed by atoms with van der Waals surface area (Å²) in [7, 11) is 0. The van der Waals surface area contributed by atoms with Gasteiger partial charge in [0.05, 0.1) is 30.5 Å². The van der Waals surface area contributed by atoms with Crippen LogP contribution in [0.4, 0.5) is 4.39 Å². The first kappa shape index (κ1) is 19.1. The molecule has 1 aromatic heterocycles. The molecular weight excluding hydrogens is 321 g/mol. The summed E-state index contributed by atoms with van der Waals surface area (Å²) in [4.78, 5) is 12.3. The average Bonchev–Trinajstić information content (AvgIpc) is 2.82. The van der Waals surface area contributed by atoms with Crippen molar-refractivity contribution in [1.82, 2.24) is 15.1 Å².